The molecule has 0 aromatic heterocycles. The van der Waals surface area contributed by atoms with Crippen molar-refractivity contribution in [3.8, 4) is 16.9 Å². The van der Waals surface area contributed by atoms with Gasteiger partial charge in [0.2, 0.25) is 9.84 Å². The van der Waals surface area contributed by atoms with Crippen molar-refractivity contribution in [2.75, 3.05) is 0 Å². The summed E-state index contributed by atoms with van der Waals surface area (Å²) in [4.78, 5) is 11.3. The molecule has 1 unspecified atom stereocenters. The summed E-state index contributed by atoms with van der Waals surface area (Å²) in [6.07, 6.45) is -1.19. The zero-order valence-electron chi connectivity index (χ0n) is 18.6. The van der Waals surface area contributed by atoms with E-state index >= 15 is 4.39 Å². The first kappa shape index (κ1) is 24.4. The van der Waals surface area contributed by atoms with E-state index < -0.39 is 39.0 Å². The second-order valence-corrected chi connectivity index (χ2v) is 10.8. The summed E-state index contributed by atoms with van der Waals surface area (Å²) in [6, 6.07) is 12.6. The lowest BCUT2D eigenvalue weighted by Gasteiger charge is -2.28. The lowest BCUT2D eigenvalue weighted by molar-refractivity contribution is -0.150. The Morgan fingerprint density at radius 3 is 2.06 bits per heavy atom. The van der Waals surface area contributed by atoms with Crippen LogP contribution in [0, 0.1) is 24.0 Å². The number of benzene rings is 3. The molecule has 3 rings (SSSR count). The van der Waals surface area contributed by atoms with Crippen LogP contribution >= 0.6 is 0 Å². The second-order valence-electron chi connectivity index (χ2n) is 8.80. The van der Waals surface area contributed by atoms with E-state index in [1.165, 1.54) is 12.1 Å². The van der Waals surface area contributed by atoms with Crippen LogP contribution in [0.15, 0.2) is 70.5 Å². The average Bonchev–Trinajstić information content (AvgIpc) is 2.72. The van der Waals surface area contributed by atoms with Crippen LogP contribution in [0.3, 0.4) is 0 Å². The van der Waals surface area contributed by atoms with Crippen LogP contribution in [0.2, 0.25) is 0 Å². The van der Waals surface area contributed by atoms with E-state index in [0.29, 0.717) is 5.56 Å². The van der Waals surface area contributed by atoms with Crippen molar-refractivity contribution in [2.45, 2.75) is 43.6 Å². The average molecular weight is 475 g/mol. The van der Waals surface area contributed by atoms with Gasteiger partial charge in [-0.1, -0.05) is 32.4 Å². The number of rotatable bonds is 6. The van der Waals surface area contributed by atoms with Gasteiger partial charge >= 0.3 is 5.97 Å². The summed E-state index contributed by atoms with van der Waals surface area (Å²) in [5.74, 6) is -2.40. The highest BCUT2D eigenvalue weighted by Gasteiger charge is 2.34. The normalized spacial score (nSPS) is 12.9. The maximum atomic E-state index is 15.2. The summed E-state index contributed by atoms with van der Waals surface area (Å²) in [7, 11) is -4.06. The van der Waals surface area contributed by atoms with E-state index in [0.717, 1.165) is 35.9 Å². The molecule has 1 atom stereocenters. The lowest BCUT2D eigenvalue weighted by atomic mass is 9.89. The summed E-state index contributed by atoms with van der Waals surface area (Å²) in [5, 5.41) is 9.60. The van der Waals surface area contributed by atoms with Gasteiger partial charge in [0.15, 0.2) is 6.10 Å². The van der Waals surface area contributed by atoms with E-state index in [4.69, 9.17) is 4.74 Å². The summed E-state index contributed by atoms with van der Waals surface area (Å²) in [5.41, 5.74) is 0.403. The van der Waals surface area contributed by atoms with E-state index in [-0.39, 0.29) is 21.1 Å². The summed E-state index contributed by atoms with van der Waals surface area (Å²) >= 11 is 0. The van der Waals surface area contributed by atoms with Crippen LogP contribution in [-0.2, 0) is 14.6 Å². The van der Waals surface area contributed by atoms with Gasteiger partial charge in [-0.3, -0.25) is 0 Å². The third-order valence-corrected chi connectivity index (χ3v) is 6.82. The molecule has 0 bridgehead atoms. The fourth-order valence-corrected chi connectivity index (χ4v) is 4.59. The Morgan fingerprint density at radius 2 is 1.52 bits per heavy atom. The molecule has 0 aliphatic heterocycles. The van der Waals surface area contributed by atoms with Crippen molar-refractivity contribution in [3.63, 3.8) is 0 Å². The predicted molar refractivity (Wildman–Crippen MR) is 120 cm³/mol. The van der Waals surface area contributed by atoms with Crippen molar-refractivity contribution in [1.82, 2.24) is 0 Å². The molecule has 1 N–H and O–H groups in total. The minimum absolute atomic E-state index is 0.0600. The number of halogens is 2. The molecular weight excluding hydrogens is 450 g/mol. The SMILES string of the molecule is Cc1ccc(OC(C(=O)O)C(C)(C)C)c(-c2ccc(S(=O)(=O)c3ccc(F)cc3)cc2F)c1. The number of sulfone groups is 1. The van der Waals surface area contributed by atoms with Gasteiger partial charge < -0.3 is 9.84 Å². The first-order valence-electron chi connectivity index (χ1n) is 10.1. The Bertz CT molecular complexity index is 1290. The van der Waals surface area contributed by atoms with Crippen molar-refractivity contribution >= 4 is 15.8 Å². The van der Waals surface area contributed by atoms with Crippen LogP contribution in [0.1, 0.15) is 26.3 Å². The Kier molecular flexibility index (Phi) is 6.61. The molecule has 0 spiro atoms. The van der Waals surface area contributed by atoms with Gasteiger partial charge in [0.05, 0.1) is 9.79 Å². The molecule has 0 aliphatic carbocycles. The quantitative estimate of drug-likeness (QED) is 0.467. The molecule has 0 heterocycles. The fourth-order valence-electron chi connectivity index (χ4n) is 3.31. The monoisotopic (exact) mass is 474 g/mol. The molecule has 33 heavy (non-hydrogen) atoms. The minimum Gasteiger partial charge on any atom is -0.478 e. The van der Waals surface area contributed by atoms with Crippen molar-refractivity contribution in [3.05, 3.63) is 77.9 Å². The number of carbonyl (C=O) groups is 1. The summed E-state index contributed by atoms with van der Waals surface area (Å²) in [6.45, 7) is 6.94. The third-order valence-electron chi connectivity index (χ3n) is 5.06. The van der Waals surface area contributed by atoms with Crippen LogP contribution in [0.4, 0.5) is 8.78 Å². The largest absolute Gasteiger partial charge is 0.478 e. The highest BCUT2D eigenvalue weighted by atomic mass is 32.2. The molecule has 0 radical (unpaired) electrons. The summed E-state index contributed by atoms with van der Waals surface area (Å²) < 4.78 is 59.8. The molecular formula is C25H24F2O5S. The van der Waals surface area contributed by atoms with Crippen molar-refractivity contribution in [2.24, 2.45) is 5.41 Å². The maximum absolute atomic E-state index is 15.2. The Hall–Kier alpha value is -3.26. The second kappa shape index (κ2) is 8.94. The van der Waals surface area contributed by atoms with Gasteiger partial charge in [-0.25, -0.2) is 22.0 Å². The van der Waals surface area contributed by atoms with Gasteiger partial charge in [-0.05, 0) is 61.5 Å². The Labute approximate surface area is 191 Å². The molecule has 174 valence electrons. The highest BCUT2D eigenvalue weighted by molar-refractivity contribution is 7.91. The molecule has 0 fully saturated rings. The zero-order chi connectivity index (χ0) is 24.6. The maximum Gasteiger partial charge on any atom is 0.345 e. The van der Waals surface area contributed by atoms with Crippen LogP contribution in [0.25, 0.3) is 11.1 Å². The van der Waals surface area contributed by atoms with Gasteiger partial charge in [-0.15, -0.1) is 0 Å². The van der Waals surface area contributed by atoms with Gasteiger partial charge in [0.1, 0.15) is 17.4 Å². The van der Waals surface area contributed by atoms with E-state index in [1.54, 1.807) is 45.9 Å². The molecule has 0 saturated heterocycles. The van der Waals surface area contributed by atoms with E-state index in [1.807, 2.05) is 0 Å². The van der Waals surface area contributed by atoms with Crippen LogP contribution in [0.5, 0.6) is 5.75 Å². The first-order valence-corrected chi connectivity index (χ1v) is 11.6. The predicted octanol–water partition coefficient (Wildman–Crippen LogP) is 5.65. The smallest absolute Gasteiger partial charge is 0.345 e. The van der Waals surface area contributed by atoms with Gasteiger partial charge in [0.25, 0.3) is 0 Å². The van der Waals surface area contributed by atoms with E-state index in [9.17, 15) is 22.7 Å². The van der Waals surface area contributed by atoms with E-state index in [2.05, 4.69) is 0 Å². The fraction of sp³-hybridized carbons (Fsp3) is 0.240. The van der Waals surface area contributed by atoms with Crippen LogP contribution in [-0.4, -0.2) is 25.6 Å². The third kappa shape index (κ3) is 5.22. The Morgan fingerprint density at radius 1 is 0.909 bits per heavy atom. The van der Waals surface area contributed by atoms with Gasteiger partial charge in [0, 0.05) is 16.5 Å². The van der Waals surface area contributed by atoms with Gasteiger partial charge in [-0.2, -0.15) is 0 Å². The number of carboxylic acids is 1. The number of aliphatic carboxylic acids is 1. The standard InChI is InChI=1S/C25H24F2O5S/c1-15-5-12-22(32-23(24(28)29)25(2,3)4)20(13-15)19-11-10-18(14-21(19)27)33(30,31)17-8-6-16(26)7-9-17/h5-14,23H,1-4H3,(H,28,29). The van der Waals surface area contributed by atoms with Crippen LogP contribution < -0.4 is 4.74 Å². The highest BCUT2D eigenvalue weighted by Crippen LogP contribution is 2.37. The molecule has 0 saturated carbocycles. The molecule has 0 aliphatic rings. The zero-order valence-corrected chi connectivity index (χ0v) is 19.4. The first-order chi connectivity index (χ1) is 15.3. The van der Waals surface area contributed by atoms with Crippen molar-refractivity contribution < 1.29 is 31.8 Å². The lowest BCUT2D eigenvalue weighted by Crippen LogP contribution is -2.39. The number of aryl methyl sites for hydroxylation is 1. The molecule has 0 amide bonds. The molecule has 5 nitrogen and oxygen atoms in total. The number of hydrogen-bond donors (Lipinski definition) is 1. The topological polar surface area (TPSA) is 80.7 Å². The number of ether oxygens (including phenoxy) is 1. The van der Waals surface area contributed by atoms with Crippen molar-refractivity contribution in [1.29, 1.82) is 0 Å². The number of hydrogen-bond acceptors (Lipinski definition) is 4. The molecule has 3 aromatic rings. The Balaban J connectivity index is 2.07. The molecule has 8 heteroatoms. The number of carboxylic acid groups (broad SMARTS) is 1. The molecule has 3 aromatic carbocycles. The minimum atomic E-state index is -4.06.